The Kier molecular flexibility index (Phi) is 3.16. The standard InChI is InChI=1S/C13H11BrN4O/c14-11-2-3-12-10(8-11)9-16-18(13(12)19)7-6-17-5-1-4-15-17/h1-5,8-9H,6-7H2. The minimum atomic E-state index is -0.0721. The van der Waals surface area contributed by atoms with E-state index < -0.39 is 0 Å². The van der Waals surface area contributed by atoms with Crippen LogP contribution < -0.4 is 5.56 Å². The summed E-state index contributed by atoms with van der Waals surface area (Å²) in [5, 5.41) is 9.81. The lowest BCUT2D eigenvalue weighted by atomic mass is 10.2. The highest BCUT2D eigenvalue weighted by atomic mass is 79.9. The lowest BCUT2D eigenvalue weighted by Gasteiger charge is -2.06. The van der Waals surface area contributed by atoms with E-state index in [1.54, 1.807) is 17.1 Å². The van der Waals surface area contributed by atoms with Crippen molar-refractivity contribution in [2.75, 3.05) is 0 Å². The molecule has 19 heavy (non-hydrogen) atoms. The maximum Gasteiger partial charge on any atom is 0.274 e. The summed E-state index contributed by atoms with van der Waals surface area (Å²) in [6.45, 7) is 1.13. The van der Waals surface area contributed by atoms with Crippen molar-refractivity contribution in [2.45, 2.75) is 13.1 Å². The van der Waals surface area contributed by atoms with Crippen molar-refractivity contribution in [3.63, 3.8) is 0 Å². The quantitative estimate of drug-likeness (QED) is 0.742. The fourth-order valence-electron chi connectivity index (χ4n) is 1.95. The number of halogens is 1. The van der Waals surface area contributed by atoms with Gasteiger partial charge in [-0.05, 0) is 24.3 Å². The van der Waals surface area contributed by atoms with E-state index in [9.17, 15) is 4.79 Å². The zero-order valence-corrected chi connectivity index (χ0v) is 11.6. The van der Waals surface area contributed by atoms with Crippen molar-refractivity contribution >= 4 is 26.7 Å². The molecule has 0 aliphatic rings. The second kappa shape index (κ2) is 4.97. The number of benzene rings is 1. The van der Waals surface area contributed by atoms with Crippen LogP contribution in [0.2, 0.25) is 0 Å². The molecule has 0 saturated heterocycles. The number of aromatic nitrogens is 4. The van der Waals surface area contributed by atoms with Crippen molar-refractivity contribution in [3.8, 4) is 0 Å². The predicted molar refractivity (Wildman–Crippen MR) is 75.9 cm³/mol. The molecule has 1 aromatic carbocycles. The molecule has 0 atom stereocenters. The van der Waals surface area contributed by atoms with Crippen LogP contribution in [0.4, 0.5) is 0 Å². The lowest BCUT2D eigenvalue weighted by Crippen LogP contribution is -2.25. The first-order valence-corrected chi connectivity index (χ1v) is 6.66. The van der Waals surface area contributed by atoms with Gasteiger partial charge in [-0.15, -0.1) is 0 Å². The molecule has 96 valence electrons. The Hall–Kier alpha value is -1.95. The number of rotatable bonds is 3. The highest BCUT2D eigenvalue weighted by molar-refractivity contribution is 9.10. The molecule has 2 heterocycles. The van der Waals surface area contributed by atoms with Crippen molar-refractivity contribution in [3.05, 3.63) is 57.7 Å². The molecule has 0 amide bonds. The lowest BCUT2D eigenvalue weighted by molar-refractivity contribution is 0.485. The van der Waals surface area contributed by atoms with Gasteiger partial charge in [-0.3, -0.25) is 9.48 Å². The summed E-state index contributed by atoms with van der Waals surface area (Å²) < 4.78 is 4.19. The normalized spacial score (nSPS) is 11.0. The largest absolute Gasteiger partial charge is 0.274 e. The molecular weight excluding hydrogens is 308 g/mol. The molecule has 5 nitrogen and oxygen atoms in total. The number of fused-ring (bicyclic) bond motifs is 1. The smallest absolute Gasteiger partial charge is 0.271 e. The van der Waals surface area contributed by atoms with Crippen LogP contribution in [0.15, 0.2) is 52.1 Å². The van der Waals surface area contributed by atoms with Crippen LogP contribution >= 0.6 is 15.9 Å². The van der Waals surface area contributed by atoms with Crippen LogP contribution in [0.1, 0.15) is 0 Å². The first-order chi connectivity index (χ1) is 9.24. The van der Waals surface area contributed by atoms with Crippen LogP contribution in [0.25, 0.3) is 10.8 Å². The molecule has 2 aromatic heterocycles. The average Bonchev–Trinajstić information content (AvgIpc) is 2.91. The topological polar surface area (TPSA) is 52.7 Å². The van der Waals surface area contributed by atoms with E-state index in [1.165, 1.54) is 4.68 Å². The molecular formula is C13H11BrN4O. The van der Waals surface area contributed by atoms with Gasteiger partial charge in [-0.2, -0.15) is 10.2 Å². The van der Waals surface area contributed by atoms with Gasteiger partial charge in [-0.25, -0.2) is 4.68 Å². The van der Waals surface area contributed by atoms with Crippen LogP contribution in [-0.4, -0.2) is 19.6 Å². The Bertz CT molecular complexity index is 764. The predicted octanol–water partition coefficient (Wildman–Crippen LogP) is 2.06. The zero-order chi connectivity index (χ0) is 13.2. The summed E-state index contributed by atoms with van der Waals surface area (Å²) in [7, 11) is 0. The fraction of sp³-hybridized carbons (Fsp3) is 0.154. The van der Waals surface area contributed by atoms with E-state index in [1.807, 2.05) is 30.5 Å². The molecule has 0 bridgehead atoms. The molecule has 3 aromatic rings. The zero-order valence-electron chi connectivity index (χ0n) is 10.0. The third kappa shape index (κ3) is 2.44. The summed E-state index contributed by atoms with van der Waals surface area (Å²) in [5.74, 6) is 0. The number of hydrogen-bond donors (Lipinski definition) is 0. The second-order valence-electron chi connectivity index (χ2n) is 4.17. The number of hydrogen-bond acceptors (Lipinski definition) is 3. The fourth-order valence-corrected chi connectivity index (χ4v) is 2.33. The van der Waals surface area contributed by atoms with Gasteiger partial charge < -0.3 is 0 Å². The van der Waals surface area contributed by atoms with Gasteiger partial charge in [0.05, 0.1) is 24.7 Å². The number of aryl methyl sites for hydroxylation is 2. The Morgan fingerprint density at radius 1 is 1.21 bits per heavy atom. The minimum absolute atomic E-state index is 0.0721. The van der Waals surface area contributed by atoms with Gasteiger partial charge in [0, 0.05) is 22.3 Å². The molecule has 0 spiro atoms. The van der Waals surface area contributed by atoms with Gasteiger partial charge in [0.1, 0.15) is 0 Å². The molecule has 0 saturated carbocycles. The summed E-state index contributed by atoms with van der Waals surface area (Å²) >= 11 is 3.38. The summed E-state index contributed by atoms with van der Waals surface area (Å²) in [4.78, 5) is 12.3. The highest BCUT2D eigenvalue weighted by Gasteiger charge is 2.04. The van der Waals surface area contributed by atoms with Crippen molar-refractivity contribution < 1.29 is 0 Å². The van der Waals surface area contributed by atoms with Gasteiger partial charge in [-0.1, -0.05) is 15.9 Å². The Morgan fingerprint density at radius 2 is 2.11 bits per heavy atom. The summed E-state index contributed by atoms with van der Waals surface area (Å²) in [6.07, 6.45) is 5.29. The van der Waals surface area contributed by atoms with Gasteiger partial charge >= 0.3 is 0 Å². The molecule has 6 heteroatoms. The average molecular weight is 319 g/mol. The molecule has 0 aliphatic heterocycles. The monoisotopic (exact) mass is 318 g/mol. The van der Waals surface area contributed by atoms with E-state index >= 15 is 0 Å². The molecule has 0 aliphatic carbocycles. The first-order valence-electron chi connectivity index (χ1n) is 5.87. The first kappa shape index (κ1) is 12.1. The van der Waals surface area contributed by atoms with Crippen LogP contribution in [0.3, 0.4) is 0 Å². The van der Waals surface area contributed by atoms with E-state index in [2.05, 4.69) is 26.1 Å². The van der Waals surface area contributed by atoms with E-state index in [-0.39, 0.29) is 5.56 Å². The van der Waals surface area contributed by atoms with Gasteiger partial charge in [0.15, 0.2) is 0 Å². The summed E-state index contributed by atoms with van der Waals surface area (Å²) in [6, 6.07) is 7.42. The Morgan fingerprint density at radius 3 is 2.89 bits per heavy atom. The molecule has 0 fully saturated rings. The van der Waals surface area contributed by atoms with Crippen molar-refractivity contribution in [1.82, 2.24) is 19.6 Å². The van der Waals surface area contributed by atoms with Crippen molar-refractivity contribution in [2.24, 2.45) is 0 Å². The highest BCUT2D eigenvalue weighted by Crippen LogP contribution is 2.15. The second-order valence-corrected chi connectivity index (χ2v) is 5.09. The van der Waals surface area contributed by atoms with E-state index in [0.717, 1.165) is 9.86 Å². The molecule has 0 radical (unpaired) electrons. The Balaban J connectivity index is 1.94. The summed E-state index contributed by atoms with van der Waals surface area (Å²) in [5.41, 5.74) is -0.0721. The molecule has 3 rings (SSSR count). The minimum Gasteiger partial charge on any atom is -0.271 e. The van der Waals surface area contributed by atoms with Crippen LogP contribution in [0, 0.1) is 0 Å². The SMILES string of the molecule is O=c1c2ccc(Br)cc2cnn1CCn1cccn1. The third-order valence-corrected chi connectivity index (χ3v) is 3.41. The van der Waals surface area contributed by atoms with E-state index in [0.29, 0.717) is 18.5 Å². The maximum atomic E-state index is 12.3. The van der Waals surface area contributed by atoms with Crippen molar-refractivity contribution in [1.29, 1.82) is 0 Å². The van der Waals surface area contributed by atoms with Crippen LogP contribution in [-0.2, 0) is 13.1 Å². The van der Waals surface area contributed by atoms with Gasteiger partial charge in [0.2, 0.25) is 0 Å². The Labute approximate surface area is 117 Å². The van der Waals surface area contributed by atoms with E-state index in [4.69, 9.17) is 0 Å². The van der Waals surface area contributed by atoms with Gasteiger partial charge in [0.25, 0.3) is 5.56 Å². The maximum absolute atomic E-state index is 12.3. The molecule has 0 N–H and O–H groups in total. The van der Waals surface area contributed by atoms with Crippen LogP contribution in [0.5, 0.6) is 0 Å². The molecule has 0 unspecified atom stereocenters. The number of nitrogens with zero attached hydrogens (tertiary/aromatic N) is 4. The third-order valence-electron chi connectivity index (χ3n) is 2.91.